The predicted octanol–water partition coefficient (Wildman–Crippen LogP) is 2.74. The third kappa shape index (κ3) is 2.55. The van der Waals surface area contributed by atoms with Crippen molar-refractivity contribution in [3.8, 4) is 11.5 Å². The first-order chi connectivity index (χ1) is 10.3. The first-order valence-electron chi connectivity index (χ1n) is 7.50. The minimum atomic E-state index is 0.255. The van der Waals surface area contributed by atoms with E-state index < -0.39 is 0 Å². The third-order valence-corrected chi connectivity index (χ3v) is 4.11. The molecule has 1 saturated heterocycles. The van der Waals surface area contributed by atoms with Crippen LogP contribution in [0, 0.1) is 0 Å². The average Bonchev–Trinajstić information content (AvgIpc) is 3.10. The van der Waals surface area contributed by atoms with Gasteiger partial charge in [0.15, 0.2) is 0 Å². The van der Waals surface area contributed by atoms with E-state index in [4.69, 9.17) is 4.42 Å². The van der Waals surface area contributed by atoms with Gasteiger partial charge in [0.05, 0.1) is 0 Å². The first-order valence-corrected chi connectivity index (χ1v) is 7.50. The topological polar surface area (TPSA) is 59.2 Å². The van der Waals surface area contributed by atoms with Gasteiger partial charge in [-0.1, -0.05) is 12.1 Å². The number of rotatable bonds is 4. The minimum absolute atomic E-state index is 0.255. The van der Waals surface area contributed by atoms with Gasteiger partial charge in [-0.15, -0.1) is 10.2 Å². The van der Waals surface area contributed by atoms with Crippen LogP contribution >= 0.6 is 0 Å². The van der Waals surface area contributed by atoms with Crippen LogP contribution in [0.15, 0.2) is 28.7 Å². The van der Waals surface area contributed by atoms with E-state index in [1.807, 2.05) is 29.2 Å². The number of likely N-dealkylation sites (tertiary alicyclic amines) is 1. The number of carbonyl (C=O) groups is 1. The summed E-state index contributed by atoms with van der Waals surface area (Å²) in [6.45, 7) is 1.56. The van der Waals surface area contributed by atoms with Gasteiger partial charge < -0.3 is 9.32 Å². The number of benzene rings is 1. The molecule has 2 aliphatic rings. The highest BCUT2D eigenvalue weighted by Crippen LogP contribution is 2.39. The van der Waals surface area contributed by atoms with Gasteiger partial charge in [0, 0.05) is 31.0 Å². The van der Waals surface area contributed by atoms with Crippen LogP contribution < -0.4 is 0 Å². The quantitative estimate of drug-likeness (QED) is 0.865. The molecule has 2 heterocycles. The molecule has 1 aromatic heterocycles. The Labute approximate surface area is 123 Å². The average molecular weight is 283 g/mol. The molecule has 0 unspecified atom stereocenters. The van der Waals surface area contributed by atoms with Gasteiger partial charge in [-0.05, 0) is 37.0 Å². The van der Waals surface area contributed by atoms with Crippen molar-refractivity contribution in [2.45, 2.75) is 38.1 Å². The van der Waals surface area contributed by atoms with Crippen LogP contribution in [0.5, 0.6) is 0 Å². The van der Waals surface area contributed by atoms with Crippen LogP contribution in [0.3, 0.4) is 0 Å². The standard InChI is InChI=1S/C16H17N3O2/c20-14-2-1-9-19(14)10-11-3-5-12(6-4-11)15-17-18-16(21-15)13-7-8-13/h3-6,13H,1-2,7-10H2. The number of carbonyl (C=O) groups excluding carboxylic acids is 1. The van der Waals surface area contributed by atoms with Crippen LogP contribution in [-0.2, 0) is 11.3 Å². The van der Waals surface area contributed by atoms with E-state index in [1.165, 1.54) is 0 Å². The largest absolute Gasteiger partial charge is 0.420 e. The number of nitrogens with zero attached hydrogens (tertiary/aromatic N) is 3. The Balaban J connectivity index is 1.48. The summed E-state index contributed by atoms with van der Waals surface area (Å²) in [5.41, 5.74) is 2.07. The van der Waals surface area contributed by atoms with Crippen molar-refractivity contribution < 1.29 is 9.21 Å². The van der Waals surface area contributed by atoms with Gasteiger partial charge in [0.25, 0.3) is 0 Å². The number of amides is 1. The Hall–Kier alpha value is -2.17. The zero-order valence-corrected chi connectivity index (χ0v) is 11.8. The molecule has 1 aromatic carbocycles. The molecule has 4 rings (SSSR count). The molecule has 5 heteroatoms. The first kappa shape index (κ1) is 12.6. The SMILES string of the molecule is O=C1CCCN1Cc1ccc(-c2nnc(C3CC3)o2)cc1. The molecule has 0 radical (unpaired) electrons. The Morgan fingerprint density at radius 2 is 2.00 bits per heavy atom. The molecule has 1 aliphatic carbocycles. The summed E-state index contributed by atoms with van der Waals surface area (Å²) in [5.74, 6) is 2.08. The third-order valence-electron chi connectivity index (χ3n) is 4.11. The maximum atomic E-state index is 11.6. The van der Waals surface area contributed by atoms with E-state index in [0.29, 0.717) is 24.8 Å². The van der Waals surface area contributed by atoms with E-state index in [1.54, 1.807) is 0 Å². The second-order valence-corrected chi connectivity index (χ2v) is 5.84. The monoisotopic (exact) mass is 283 g/mol. The Kier molecular flexibility index (Phi) is 2.98. The van der Waals surface area contributed by atoms with Crippen molar-refractivity contribution in [3.05, 3.63) is 35.7 Å². The molecular formula is C16H17N3O2. The molecule has 0 bridgehead atoms. The normalized spacial score (nSPS) is 18.5. The summed E-state index contributed by atoms with van der Waals surface area (Å²) >= 11 is 0. The fourth-order valence-corrected chi connectivity index (χ4v) is 2.69. The van der Waals surface area contributed by atoms with E-state index in [-0.39, 0.29) is 5.91 Å². The molecule has 2 fully saturated rings. The van der Waals surface area contributed by atoms with E-state index in [9.17, 15) is 4.79 Å². The lowest BCUT2D eigenvalue weighted by atomic mass is 10.1. The van der Waals surface area contributed by atoms with Gasteiger partial charge in [-0.2, -0.15) is 0 Å². The van der Waals surface area contributed by atoms with Gasteiger partial charge in [-0.25, -0.2) is 0 Å². The van der Waals surface area contributed by atoms with Crippen LogP contribution in [0.1, 0.15) is 43.1 Å². The molecule has 1 aliphatic heterocycles. The lowest BCUT2D eigenvalue weighted by Crippen LogP contribution is -2.23. The smallest absolute Gasteiger partial charge is 0.247 e. The van der Waals surface area contributed by atoms with E-state index in [0.717, 1.165) is 42.8 Å². The second kappa shape index (κ2) is 4.98. The summed E-state index contributed by atoms with van der Waals surface area (Å²) < 4.78 is 5.70. The minimum Gasteiger partial charge on any atom is -0.420 e. The Morgan fingerprint density at radius 1 is 1.19 bits per heavy atom. The summed E-state index contributed by atoms with van der Waals surface area (Å²) in [6, 6.07) is 8.03. The van der Waals surface area contributed by atoms with Gasteiger partial charge >= 0.3 is 0 Å². The molecule has 0 N–H and O–H groups in total. The molecule has 21 heavy (non-hydrogen) atoms. The fraction of sp³-hybridized carbons (Fsp3) is 0.438. The molecule has 1 amide bonds. The number of hydrogen-bond donors (Lipinski definition) is 0. The van der Waals surface area contributed by atoms with E-state index >= 15 is 0 Å². The lowest BCUT2D eigenvalue weighted by molar-refractivity contribution is -0.128. The van der Waals surface area contributed by atoms with Crippen LogP contribution in [0.2, 0.25) is 0 Å². The molecule has 0 spiro atoms. The summed E-state index contributed by atoms with van der Waals surface area (Å²) in [6.07, 6.45) is 3.97. The number of aromatic nitrogens is 2. The van der Waals surface area contributed by atoms with Crippen molar-refractivity contribution in [1.82, 2.24) is 15.1 Å². The van der Waals surface area contributed by atoms with Crippen LogP contribution in [-0.4, -0.2) is 27.5 Å². The molecule has 108 valence electrons. The van der Waals surface area contributed by atoms with Crippen LogP contribution in [0.4, 0.5) is 0 Å². The van der Waals surface area contributed by atoms with Gasteiger partial charge in [-0.3, -0.25) is 4.79 Å². The van der Waals surface area contributed by atoms with Crippen molar-refractivity contribution in [2.75, 3.05) is 6.54 Å². The maximum Gasteiger partial charge on any atom is 0.247 e. The summed E-state index contributed by atoms with van der Waals surface area (Å²) in [5, 5.41) is 8.21. The Bertz CT molecular complexity index is 658. The molecule has 5 nitrogen and oxygen atoms in total. The molecule has 1 saturated carbocycles. The molecule has 2 aromatic rings. The number of hydrogen-bond acceptors (Lipinski definition) is 4. The van der Waals surface area contributed by atoms with Crippen molar-refractivity contribution >= 4 is 5.91 Å². The van der Waals surface area contributed by atoms with Crippen molar-refractivity contribution in [2.24, 2.45) is 0 Å². The summed E-state index contributed by atoms with van der Waals surface area (Å²) in [7, 11) is 0. The van der Waals surface area contributed by atoms with Crippen molar-refractivity contribution in [3.63, 3.8) is 0 Å². The highest BCUT2D eigenvalue weighted by molar-refractivity contribution is 5.78. The van der Waals surface area contributed by atoms with E-state index in [2.05, 4.69) is 10.2 Å². The highest BCUT2D eigenvalue weighted by atomic mass is 16.4. The van der Waals surface area contributed by atoms with Crippen LogP contribution in [0.25, 0.3) is 11.5 Å². The lowest BCUT2D eigenvalue weighted by Gasteiger charge is -2.15. The van der Waals surface area contributed by atoms with Gasteiger partial charge in [0.2, 0.25) is 17.7 Å². The summed E-state index contributed by atoms with van der Waals surface area (Å²) in [4.78, 5) is 13.5. The maximum absolute atomic E-state index is 11.6. The molecule has 0 atom stereocenters. The van der Waals surface area contributed by atoms with Crippen molar-refractivity contribution in [1.29, 1.82) is 0 Å². The highest BCUT2D eigenvalue weighted by Gasteiger charge is 2.29. The fourth-order valence-electron chi connectivity index (χ4n) is 2.69. The zero-order valence-electron chi connectivity index (χ0n) is 11.8. The zero-order chi connectivity index (χ0) is 14.2. The molecular weight excluding hydrogens is 266 g/mol. The Morgan fingerprint density at radius 3 is 2.67 bits per heavy atom. The predicted molar refractivity (Wildman–Crippen MR) is 76.4 cm³/mol. The second-order valence-electron chi connectivity index (χ2n) is 5.84. The van der Waals surface area contributed by atoms with Gasteiger partial charge in [0.1, 0.15) is 0 Å².